The Morgan fingerprint density at radius 1 is 1.32 bits per heavy atom. The lowest BCUT2D eigenvalue weighted by atomic mass is 10.1. The van der Waals surface area contributed by atoms with E-state index in [1.54, 1.807) is 0 Å². The first kappa shape index (κ1) is 17.3. The quantitative estimate of drug-likeness (QED) is 0.810. The number of aromatic nitrogens is 1. The summed E-state index contributed by atoms with van der Waals surface area (Å²) in [5, 5.41) is 10.7. The minimum Gasteiger partial charge on any atom is -0.486 e. The minimum atomic E-state index is -0.736. The Morgan fingerprint density at radius 2 is 2.00 bits per heavy atom. The monoisotopic (exact) mass is 343 g/mol. The lowest BCUT2D eigenvalue weighted by Crippen LogP contribution is -2.23. The molecule has 0 bridgehead atoms. The third-order valence-electron chi connectivity index (χ3n) is 2.78. The van der Waals surface area contributed by atoms with Crippen LogP contribution in [-0.2, 0) is 0 Å². The number of nitrogens with zero attached hydrogens (tertiary/aromatic N) is 1. The molecule has 0 aliphatic rings. The van der Waals surface area contributed by atoms with Gasteiger partial charge >= 0.3 is 0 Å². The molecule has 122 valence electrons. The predicted octanol–water partition coefficient (Wildman–Crippen LogP) is 4.53. The van der Waals surface area contributed by atoms with Crippen LogP contribution in [0.2, 0.25) is 0 Å². The summed E-state index contributed by atoms with van der Waals surface area (Å²) < 4.78 is 12.5. The van der Waals surface area contributed by atoms with E-state index in [-0.39, 0.29) is 17.6 Å². The van der Waals surface area contributed by atoms with Crippen LogP contribution < -0.4 is 9.47 Å². The van der Waals surface area contributed by atoms with E-state index in [1.165, 1.54) is 11.3 Å². The summed E-state index contributed by atoms with van der Waals surface area (Å²) in [4.78, 5) is 4.53. The maximum Gasteiger partial charge on any atom is 0.274 e. The van der Waals surface area contributed by atoms with Crippen molar-refractivity contribution >= 4 is 33.2 Å². The summed E-state index contributed by atoms with van der Waals surface area (Å²) in [6.07, 6.45) is -0.700. The number of hydrogen-bond acceptors (Lipinski definition) is 5. The number of benzene rings is 1. The van der Waals surface area contributed by atoms with Gasteiger partial charge in [0.05, 0.1) is 22.8 Å². The van der Waals surface area contributed by atoms with Crippen molar-refractivity contribution in [3.63, 3.8) is 0 Å². The number of hydrogen-bond donors (Lipinski definition) is 1. The maximum absolute atomic E-state index is 10.1. The molecule has 0 saturated carbocycles. The van der Waals surface area contributed by atoms with E-state index < -0.39 is 6.10 Å². The van der Waals surface area contributed by atoms with Gasteiger partial charge in [-0.1, -0.05) is 17.4 Å². The third-order valence-corrected chi connectivity index (χ3v) is 4.06. The van der Waals surface area contributed by atoms with E-state index in [9.17, 15) is 5.11 Å². The van der Waals surface area contributed by atoms with Gasteiger partial charge in [0.15, 0.2) is 0 Å². The normalized spacial score (nSPS) is 13.6. The number of ether oxygens (including phenoxy) is 2. The average Bonchev–Trinajstić information content (AvgIpc) is 2.79. The average molecular weight is 344 g/mol. The Labute approximate surface area is 140 Å². The van der Waals surface area contributed by atoms with Gasteiger partial charge in [0.1, 0.15) is 16.9 Å². The van der Waals surface area contributed by atoms with Crippen molar-refractivity contribution in [3.05, 3.63) is 17.7 Å². The molecule has 1 atom stereocenters. The Hall–Kier alpha value is -1.04. The molecule has 1 aromatic heterocycles. The van der Waals surface area contributed by atoms with Crippen molar-refractivity contribution in [3.8, 4) is 10.9 Å². The van der Waals surface area contributed by atoms with Gasteiger partial charge in [0, 0.05) is 5.56 Å². The molecule has 0 saturated heterocycles. The molecule has 1 heterocycles. The van der Waals surface area contributed by atoms with Gasteiger partial charge in [0.25, 0.3) is 5.19 Å². The molecule has 0 spiro atoms. The fraction of sp³-hybridized carbons (Fsp3) is 0.562. The van der Waals surface area contributed by atoms with Crippen molar-refractivity contribution in [1.29, 1.82) is 0 Å². The predicted molar refractivity (Wildman–Crippen MR) is 91.4 cm³/mol. The fourth-order valence-electron chi connectivity index (χ4n) is 1.99. The van der Waals surface area contributed by atoms with E-state index in [2.05, 4.69) is 4.98 Å². The van der Waals surface area contributed by atoms with E-state index in [0.717, 1.165) is 10.3 Å². The van der Waals surface area contributed by atoms with Gasteiger partial charge < -0.3 is 14.6 Å². The van der Waals surface area contributed by atoms with Crippen LogP contribution in [-0.4, -0.2) is 27.7 Å². The molecule has 1 aromatic carbocycles. The van der Waals surface area contributed by atoms with Crippen molar-refractivity contribution in [2.75, 3.05) is 5.88 Å². The van der Waals surface area contributed by atoms with E-state index in [1.807, 2.05) is 46.8 Å². The second-order valence-corrected chi connectivity index (χ2v) is 7.63. The second-order valence-electron chi connectivity index (χ2n) is 6.36. The summed E-state index contributed by atoms with van der Waals surface area (Å²) in [5.41, 5.74) is 1.13. The highest BCUT2D eigenvalue weighted by Crippen LogP contribution is 2.40. The van der Waals surface area contributed by atoms with Gasteiger partial charge in [-0.3, -0.25) is 0 Å². The van der Waals surface area contributed by atoms with Crippen LogP contribution in [0, 0.1) is 0 Å². The molecule has 1 N–H and O–H groups in total. The SMILES string of the molecule is CC(C)Oc1nc2c(OC(C)(C)C)ccc(C(O)CCl)c2s1. The molecular weight excluding hydrogens is 322 g/mol. The number of rotatable bonds is 5. The lowest BCUT2D eigenvalue weighted by molar-refractivity contribution is 0.132. The summed E-state index contributed by atoms with van der Waals surface area (Å²) in [5.74, 6) is 0.815. The molecule has 22 heavy (non-hydrogen) atoms. The summed E-state index contributed by atoms with van der Waals surface area (Å²) in [6, 6.07) is 3.67. The number of halogens is 1. The first-order valence-electron chi connectivity index (χ1n) is 7.24. The number of thiazole rings is 1. The molecular formula is C16H22ClNO3S. The first-order valence-corrected chi connectivity index (χ1v) is 8.59. The zero-order chi connectivity index (χ0) is 16.5. The van der Waals surface area contributed by atoms with Crippen molar-refractivity contribution in [1.82, 2.24) is 4.98 Å². The van der Waals surface area contributed by atoms with Crippen LogP contribution in [0.15, 0.2) is 12.1 Å². The van der Waals surface area contributed by atoms with Crippen molar-refractivity contribution in [2.45, 2.75) is 52.4 Å². The van der Waals surface area contributed by atoms with Gasteiger partial charge in [-0.2, -0.15) is 4.98 Å². The standard InChI is InChI=1S/C16H22ClNO3S/c1-9(2)20-15-18-13-12(21-16(3,4)5)7-6-10(11(19)8-17)14(13)22-15/h6-7,9,11,19H,8H2,1-5H3. The Bertz CT molecular complexity index is 649. The fourth-order valence-corrected chi connectivity index (χ4v) is 3.28. The van der Waals surface area contributed by atoms with Crippen molar-refractivity contribution in [2.24, 2.45) is 0 Å². The first-order chi connectivity index (χ1) is 10.2. The summed E-state index contributed by atoms with van der Waals surface area (Å²) in [7, 11) is 0. The van der Waals surface area contributed by atoms with Gasteiger partial charge in [0.2, 0.25) is 0 Å². The number of alkyl halides is 1. The second kappa shape index (κ2) is 6.60. The molecule has 1 unspecified atom stereocenters. The van der Waals surface area contributed by atoms with Gasteiger partial charge in [-0.05, 0) is 40.7 Å². The Kier molecular flexibility index (Phi) is 5.20. The highest BCUT2D eigenvalue weighted by Gasteiger charge is 2.21. The molecule has 4 nitrogen and oxygen atoms in total. The van der Waals surface area contributed by atoms with E-state index in [4.69, 9.17) is 21.1 Å². The van der Waals surface area contributed by atoms with E-state index >= 15 is 0 Å². The van der Waals surface area contributed by atoms with Crippen LogP contribution in [0.25, 0.3) is 10.2 Å². The number of aliphatic hydroxyl groups excluding tert-OH is 1. The highest BCUT2D eigenvalue weighted by molar-refractivity contribution is 7.20. The summed E-state index contributed by atoms with van der Waals surface area (Å²) in [6.45, 7) is 9.86. The van der Waals surface area contributed by atoms with Crippen LogP contribution in [0.3, 0.4) is 0 Å². The Balaban J connectivity index is 2.56. The lowest BCUT2D eigenvalue weighted by Gasteiger charge is -2.22. The van der Waals surface area contributed by atoms with Gasteiger partial charge in [-0.25, -0.2) is 0 Å². The Morgan fingerprint density at radius 3 is 2.55 bits per heavy atom. The van der Waals surface area contributed by atoms with Crippen molar-refractivity contribution < 1.29 is 14.6 Å². The highest BCUT2D eigenvalue weighted by atomic mass is 35.5. The van der Waals surface area contributed by atoms with Crippen LogP contribution >= 0.6 is 22.9 Å². The third kappa shape index (κ3) is 4.03. The van der Waals surface area contributed by atoms with Crippen LogP contribution in [0.1, 0.15) is 46.3 Å². The molecule has 0 aliphatic carbocycles. The van der Waals surface area contributed by atoms with E-state index in [0.29, 0.717) is 16.5 Å². The minimum absolute atomic E-state index is 0.0361. The van der Waals surface area contributed by atoms with Crippen LogP contribution in [0.5, 0.6) is 10.9 Å². The van der Waals surface area contributed by atoms with Crippen LogP contribution in [0.4, 0.5) is 0 Å². The summed E-state index contributed by atoms with van der Waals surface area (Å²) >= 11 is 7.20. The zero-order valence-corrected chi connectivity index (χ0v) is 15.1. The molecule has 6 heteroatoms. The number of aliphatic hydroxyl groups is 1. The molecule has 2 rings (SSSR count). The maximum atomic E-state index is 10.1. The molecule has 0 radical (unpaired) electrons. The zero-order valence-electron chi connectivity index (χ0n) is 13.5. The molecule has 0 fully saturated rings. The number of fused-ring (bicyclic) bond motifs is 1. The molecule has 2 aromatic rings. The molecule has 0 aliphatic heterocycles. The topological polar surface area (TPSA) is 51.6 Å². The smallest absolute Gasteiger partial charge is 0.274 e. The van der Waals surface area contributed by atoms with Gasteiger partial charge in [-0.15, -0.1) is 11.6 Å². The molecule has 0 amide bonds. The largest absolute Gasteiger partial charge is 0.486 e.